The Morgan fingerprint density at radius 3 is 2.76 bits per heavy atom. The lowest BCUT2D eigenvalue weighted by molar-refractivity contribution is 0.0754. The van der Waals surface area contributed by atoms with Crippen molar-refractivity contribution in [2.24, 2.45) is 0 Å². The minimum atomic E-state index is -0.0740. The molecule has 1 atom stereocenters. The zero-order chi connectivity index (χ0) is 17.8. The van der Waals surface area contributed by atoms with Crippen LogP contribution in [0.2, 0.25) is 5.02 Å². The highest BCUT2D eigenvalue weighted by Gasteiger charge is 2.23. The summed E-state index contributed by atoms with van der Waals surface area (Å²) in [5, 5.41) is 4.65. The van der Waals surface area contributed by atoms with Crippen LogP contribution in [0.3, 0.4) is 0 Å². The number of benzene rings is 2. The van der Waals surface area contributed by atoms with E-state index in [0.29, 0.717) is 18.3 Å². The topological polar surface area (TPSA) is 33.7 Å². The monoisotopic (exact) mass is 376 g/mol. The van der Waals surface area contributed by atoms with Gasteiger partial charge >= 0.3 is 0 Å². The lowest BCUT2D eigenvalue weighted by Gasteiger charge is -2.32. The van der Waals surface area contributed by atoms with Crippen molar-refractivity contribution in [1.29, 1.82) is 0 Å². The van der Waals surface area contributed by atoms with Gasteiger partial charge in [-0.1, -0.05) is 29.8 Å². The first kappa shape index (κ1) is 17.8. The third-order valence-electron chi connectivity index (χ3n) is 4.17. The number of thiocarbonyl (C=S) groups is 1. The van der Waals surface area contributed by atoms with Crippen molar-refractivity contribution in [3.8, 4) is 11.5 Å². The van der Waals surface area contributed by atoms with Gasteiger partial charge in [0, 0.05) is 17.3 Å². The Labute approximate surface area is 158 Å². The number of ether oxygens (including phenoxy) is 2. The largest absolute Gasteiger partial charge is 0.486 e. The van der Waals surface area contributed by atoms with Crippen molar-refractivity contribution in [2.75, 3.05) is 25.0 Å². The molecule has 0 radical (unpaired) electrons. The summed E-state index contributed by atoms with van der Waals surface area (Å²) in [6.07, 6.45) is -0.0740. The van der Waals surface area contributed by atoms with Crippen LogP contribution < -0.4 is 14.8 Å². The third kappa shape index (κ3) is 4.17. The fourth-order valence-corrected chi connectivity index (χ4v) is 3.18. The second kappa shape index (κ2) is 7.93. The van der Waals surface area contributed by atoms with Gasteiger partial charge in [0.25, 0.3) is 0 Å². The number of likely N-dealkylation sites (N-methyl/N-ethyl adjacent to an activating group) is 1. The first-order chi connectivity index (χ1) is 12.1. The zero-order valence-electron chi connectivity index (χ0n) is 14.3. The molecule has 0 fully saturated rings. The van der Waals surface area contributed by atoms with Crippen LogP contribution in [0.15, 0.2) is 42.5 Å². The van der Waals surface area contributed by atoms with Gasteiger partial charge in [-0.15, -0.1) is 0 Å². The van der Waals surface area contributed by atoms with Crippen molar-refractivity contribution in [3.63, 3.8) is 0 Å². The van der Waals surface area contributed by atoms with E-state index < -0.39 is 0 Å². The number of rotatable bonds is 4. The molecule has 0 aromatic heterocycles. The molecule has 0 saturated carbocycles. The molecule has 6 heteroatoms. The molecule has 0 aliphatic carbocycles. The summed E-state index contributed by atoms with van der Waals surface area (Å²) in [5.41, 5.74) is 1.90. The first-order valence-corrected chi connectivity index (χ1v) is 9.06. The maximum atomic E-state index is 6.18. The van der Waals surface area contributed by atoms with E-state index in [9.17, 15) is 0 Å². The molecule has 2 aromatic carbocycles. The summed E-state index contributed by atoms with van der Waals surface area (Å²) in [6, 6.07) is 13.5. The van der Waals surface area contributed by atoms with Crippen LogP contribution >= 0.6 is 23.8 Å². The average molecular weight is 377 g/mol. The van der Waals surface area contributed by atoms with Gasteiger partial charge in [-0.3, -0.25) is 0 Å². The molecule has 4 nitrogen and oxygen atoms in total. The number of anilines is 1. The maximum Gasteiger partial charge on any atom is 0.173 e. The first-order valence-electron chi connectivity index (χ1n) is 8.28. The highest BCUT2D eigenvalue weighted by molar-refractivity contribution is 7.80. The predicted octanol–water partition coefficient (Wildman–Crippen LogP) is 4.51. The predicted molar refractivity (Wildman–Crippen MR) is 106 cm³/mol. The Balaban J connectivity index is 1.64. The second-order valence-corrected chi connectivity index (χ2v) is 6.67. The molecule has 0 unspecified atom stereocenters. The molecule has 3 rings (SSSR count). The Morgan fingerprint density at radius 1 is 1.24 bits per heavy atom. The van der Waals surface area contributed by atoms with E-state index in [1.54, 1.807) is 0 Å². The summed E-state index contributed by atoms with van der Waals surface area (Å²) >= 11 is 11.8. The van der Waals surface area contributed by atoms with Crippen LogP contribution in [-0.4, -0.2) is 35.8 Å². The van der Waals surface area contributed by atoms with Crippen LogP contribution in [0.1, 0.15) is 12.5 Å². The smallest absolute Gasteiger partial charge is 0.173 e. The third-order valence-corrected chi connectivity index (χ3v) is 4.94. The fraction of sp³-hybridized carbons (Fsp3) is 0.316. The molecule has 0 amide bonds. The lowest BCUT2D eigenvalue weighted by Crippen LogP contribution is -2.45. The van der Waals surface area contributed by atoms with Gasteiger partial charge in [-0.2, -0.15) is 0 Å². The van der Waals surface area contributed by atoms with E-state index in [2.05, 4.69) is 17.1 Å². The molecule has 0 spiro atoms. The quantitative estimate of drug-likeness (QED) is 0.794. The number of fused-ring (bicyclic) bond motifs is 1. The van der Waals surface area contributed by atoms with Crippen LogP contribution in [0.5, 0.6) is 11.5 Å². The molecule has 0 saturated heterocycles. The summed E-state index contributed by atoms with van der Waals surface area (Å²) in [7, 11) is 0. The fourth-order valence-electron chi connectivity index (χ4n) is 2.69. The minimum Gasteiger partial charge on any atom is -0.486 e. The number of nitrogens with zero attached hydrogens (tertiary/aromatic N) is 1. The molecule has 1 heterocycles. The van der Waals surface area contributed by atoms with E-state index in [1.807, 2.05) is 49.4 Å². The van der Waals surface area contributed by atoms with Crippen molar-refractivity contribution >= 4 is 34.6 Å². The molecule has 1 N–H and O–H groups in total. The Morgan fingerprint density at radius 2 is 2.00 bits per heavy atom. The summed E-state index contributed by atoms with van der Waals surface area (Å²) in [6.45, 7) is 5.96. The molecule has 2 aromatic rings. The average Bonchev–Trinajstić information content (AvgIpc) is 2.63. The van der Waals surface area contributed by atoms with E-state index in [1.165, 1.54) is 0 Å². The molecular weight excluding hydrogens is 356 g/mol. The number of hydrogen-bond acceptors (Lipinski definition) is 3. The van der Waals surface area contributed by atoms with Crippen molar-refractivity contribution in [1.82, 2.24) is 4.90 Å². The lowest BCUT2D eigenvalue weighted by atomic mass is 10.2. The van der Waals surface area contributed by atoms with Gasteiger partial charge < -0.3 is 19.7 Å². The zero-order valence-corrected chi connectivity index (χ0v) is 15.9. The highest BCUT2D eigenvalue weighted by Crippen LogP contribution is 2.31. The molecule has 0 bridgehead atoms. The maximum absolute atomic E-state index is 6.18. The standard InChI is InChI=1S/C19H21ClN2O2S/c1-3-22(19(25)21-16-8-6-7-15(20)13(16)2)11-14-12-23-17-9-4-5-10-18(17)24-14/h4-10,14H,3,11-12H2,1-2H3,(H,21,25)/t14-/m0/s1. The normalized spacial score (nSPS) is 15.6. The molecule has 132 valence electrons. The van der Waals surface area contributed by atoms with Gasteiger partial charge in [0.1, 0.15) is 6.61 Å². The van der Waals surface area contributed by atoms with Gasteiger partial charge in [-0.05, 0) is 55.9 Å². The molecule has 25 heavy (non-hydrogen) atoms. The summed E-state index contributed by atoms with van der Waals surface area (Å²) in [5.74, 6) is 1.57. The van der Waals surface area contributed by atoms with Crippen molar-refractivity contribution < 1.29 is 9.47 Å². The highest BCUT2D eigenvalue weighted by atomic mass is 35.5. The van der Waals surface area contributed by atoms with E-state index >= 15 is 0 Å². The second-order valence-electron chi connectivity index (χ2n) is 5.88. The van der Waals surface area contributed by atoms with Crippen LogP contribution in [-0.2, 0) is 0 Å². The Hall–Kier alpha value is -1.98. The van der Waals surface area contributed by atoms with Gasteiger partial charge in [0.2, 0.25) is 0 Å². The Bertz CT molecular complexity index is 769. The van der Waals surface area contributed by atoms with Crippen LogP contribution in [0.25, 0.3) is 0 Å². The van der Waals surface area contributed by atoms with Gasteiger partial charge in [-0.25, -0.2) is 0 Å². The molecular formula is C19H21ClN2O2S. The molecule has 1 aliphatic rings. The van der Waals surface area contributed by atoms with Gasteiger partial charge in [0.05, 0.1) is 6.54 Å². The van der Waals surface area contributed by atoms with Crippen molar-refractivity contribution in [2.45, 2.75) is 20.0 Å². The van der Waals surface area contributed by atoms with Crippen molar-refractivity contribution in [3.05, 3.63) is 53.1 Å². The number of para-hydroxylation sites is 2. The number of nitrogens with one attached hydrogen (secondary N) is 1. The number of hydrogen-bond donors (Lipinski definition) is 1. The van der Waals surface area contributed by atoms with E-state index in [4.69, 9.17) is 33.3 Å². The van der Waals surface area contributed by atoms with Crippen LogP contribution in [0.4, 0.5) is 5.69 Å². The Kier molecular flexibility index (Phi) is 5.66. The summed E-state index contributed by atoms with van der Waals surface area (Å²) in [4.78, 5) is 2.07. The summed E-state index contributed by atoms with van der Waals surface area (Å²) < 4.78 is 11.8. The van der Waals surface area contributed by atoms with E-state index in [0.717, 1.165) is 34.3 Å². The van der Waals surface area contributed by atoms with Gasteiger partial charge in [0.15, 0.2) is 22.7 Å². The number of halogens is 1. The minimum absolute atomic E-state index is 0.0740. The van der Waals surface area contributed by atoms with Crippen LogP contribution in [0, 0.1) is 6.92 Å². The molecule has 1 aliphatic heterocycles. The SMILES string of the molecule is CCN(C[C@H]1COc2ccccc2O1)C(=S)Nc1cccc(Cl)c1C. The van der Waals surface area contributed by atoms with E-state index in [-0.39, 0.29) is 6.10 Å².